The molecule has 1 N–H and O–H groups in total. The Bertz CT molecular complexity index is 870. The van der Waals surface area contributed by atoms with E-state index in [2.05, 4.69) is 10.2 Å². The zero-order valence-corrected chi connectivity index (χ0v) is 18.6. The van der Waals surface area contributed by atoms with Gasteiger partial charge in [0.05, 0.1) is 32.5 Å². The second kappa shape index (κ2) is 10.1. The van der Waals surface area contributed by atoms with Gasteiger partial charge in [0.15, 0.2) is 0 Å². The molecule has 1 aliphatic rings. The summed E-state index contributed by atoms with van der Waals surface area (Å²) in [4.78, 5) is 27.4. The first kappa shape index (κ1) is 22.3. The fourth-order valence-electron chi connectivity index (χ4n) is 3.62. The first-order chi connectivity index (χ1) is 14.4. The number of amides is 1. The molecule has 8 heteroatoms. The van der Waals surface area contributed by atoms with E-state index in [1.165, 1.54) is 11.3 Å². The van der Waals surface area contributed by atoms with Gasteiger partial charge in [-0.25, -0.2) is 4.79 Å². The lowest BCUT2D eigenvalue weighted by Gasteiger charge is -2.34. The Morgan fingerprint density at radius 3 is 2.47 bits per heavy atom. The normalized spacial score (nSPS) is 19.3. The molecule has 1 aromatic carbocycles. The second-order valence-electron chi connectivity index (χ2n) is 7.30. The van der Waals surface area contributed by atoms with Crippen molar-refractivity contribution in [2.45, 2.75) is 33.0 Å². The van der Waals surface area contributed by atoms with E-state index in [1.807, 2.05) is 43.5 Å². The van der Waals surface area contributed by atoms with Crippen LogP contribution in [0.3, 0.4) is 0 Å². The maximum atomic E-state index is 12.7. The predicted octanol–water partition coefficient (Wildman–Crippen LogP) is 3.65. The van der Waals surface area contributed by atoms with Gasteiger partial charge in [-0.15, -0.1) is 11.3 Å². The van der Waals surface area contributed by atoms with Gasteiger partial charge in [0, 0.05) is 24.0 Å². The van der Waals surface area contributed by atoms with E-state index >= 15 is 0 Å². The number of benzene rings is 1. The molecule has 1 aliphatic heterocycles. The van der Waals surface area contributed by atoms with Crippen LogP contribution in [-0.4, -0.2) is 62.3 Å². The minimum atomic E-state index is -0.450. The van der Waals surface area contributed by atoms with Gasteiger partial charge < -0.3 is 19.5 Å². The number of morpholine rings is 1. The summed E-state index contributed by atoms with van der Waals surface area (Å²) < 4.78 is 16.2. The van der Waals surface area contributed by atoms with Gasteiger partial charge >= 0.3 is 5.97 Å². The molecule has 7 nitrogen and oxygen atoms in total. The third-order valence-corrected chi connectivity index (χ3v) is 5.68. The highest BCUT2D eigenvalue weighted by Gasteiger charge is 2.26. The second-order valence-corrected chi connectivity index (χ2v) is 8.18. The Morgan fingerprint density at radius 2 is 1.87 bits per heavy atom. The van der Waals surface area contributed by atoms with Crippen LogP contribution >= 0.6 is 11.3 Å². The van der Waals surface area contributed by atoms with Crippen molar-refractivity contribution in [3.05, 3.63) is 35.2 Å². The molecule has 2 heterocycles. The number of nitrogens with one attached hydrogen (secondary N) is 1. The van der Waals surface area contributed by atoms with Gasteiger partial charge in [0.25, 0.3) is 0 Å². The average molecular weight is 433 g/mol. The van der Waals surface area contributed by atoms with E-state index in [1.54, 1.807) is 14.0 Å². The number of ether oxygens (including phenoxy) is 3. The van der Waals surface area contributed by atoms with Crippen molar-refractivity contribution in [1.29, 1.82) is 0 Å². The molecular weight excluding hydrogens is 404 g/mol. The summed E-state index contributed by atoms with van der Waals surface area (Å²) in [5, 5.41) is 5.27. The Kier molecular flexibility index (Phi) is 7.47. The van der Waals surface area contributed by atoms with Crippen LogP contribution in [0.4, 0.5) is 5.00 Å². The molecule has 2 atom stereocenters. The maximum absolute atomic E-state index is 12.7. The maximum Gasteiger partial charge on any atom is 0.341 e. The number of carbonyl (C=O) groups is 2. The van der Waals surface area contributed by atoms with Crippen LogP contribution in [0, 0.1) is 0 Å². The van der Waals surface area contributed by atoms with Gasteiger partial charge in [-0.2, -0.15) is 0 Å². The predicted molar refractivity (Wildman–Crippen MR) is 117 cm³/mol. The number of carbonyl (C=O) groups excluding carboxylic acids is 2. The minimum absolute atomic E-state index is 0.0834. The third-order valence-electron chi connectivity index (χ3n) is 4.79. The lowest BCUT2D eigenvalue weighted by atomic mass is 10.0. The minimum Gasteiger partial charge on any atom is -0.497 e. The van der Waals surface area contributed by atoms with Gasteiger partial charge in [0.2, 0.25) is 5.91 Å². The molecule has 2 aromatic rings. The Morgan fingerprint density at radius 1 is 1.20 bits per heavy atom. The number of esters is 1. The summed E-state index contributed by atoms with van der Waals surface area (Å²) in [6, 6.07) is 7.43. The van der Waals surface area contributed by atoms with E-state index in [0.29, 0.717) is 23.7 Å². The first-order valence-electron chi connectivity index (χ1n) is 10.0. The van der Waals surface area contributed by atoms with Crippen molar-refractivity contribution in [2.75, 3.05) is 38.7 Å². The fourth-order valence-corrected chi connectivity index (χ4v) is 4.60. The monoisotopic (exact) mass is 432 g/mol. The quantitative estimate of drug-likeness (QED) is 0.673. The van der Waals surface area contributed by atoms with Crippen molar-refractivity contribution < 1.29 is 23.8 Å². The molecule has 0 spiro atoms. The summed E-state index contributed by atoms with van der Waals surface area (Å²) in [7, 11) is 1.60. The number of methoxy groups -OCH3 is 1. The fraction of sp³-hybridized carbons (Fsp3) is 0.455. The summed E-state index contributed by atoms with van der Waals surface area (Å²) >= 11 is 1.32. The number of rotatable bonds is 7. The smallest absolute Gasteiger partial charge is 0.341 e. The lowest BCUT2D eigenvalue weighted by Crippen LogP contribution is -2.48. The molecule has 1 amide bonds. The van der Waals surface area contributed by atoms with Crippen LogP contribution in [0.25, 0.3) is 11.1 Å². The highest BCUT2D eigenvalue weighted by atomic mass is 32.1. The Labute approximate surface area is 180 Å². The Balaban J connectivity index is 1.80. The highest BCUT2D eigenvalue weighted by Crippen LogP contribution is 2.37. The van der Waals surface area contributed by atoms with E-state index < -0.39 is 5.97 Å². The molecule has 0 bridgehead atoms. The number of nitrogens with zero attached hydrogens (tertiary/aromatic N) is 1. The molecule has 3 rings (SSSR count). The third kappa shape index (κ3) is 5.38. The summed E-state index contributed by atoms with van der Waals surface area (Å²) in [5.41, 5.74) is 1.96. The molecule has 0 unspecified atom stereocenters. The van der Waals surface area contributed by atoms with E-state index in [-0.39, 0.29) is 31.3 Å². The van der Waals surface area contributed by atoms with Gasteiger partial charge in [0.1, 0.15) is 16.3 Å². The summed E-state index contributed by atoms with van der Waals surface area (Å²) in [5.74, 6) is 0.118. The van der Waals surface area contributed by atoms with Crippen LogP contribution < -0.4 is 10.1 Å². The van der Waals surface area contributed by atoms with Crippen LogP contribution in [0.1, 0.15) is 31.1 Å². The lowest BCUT2D eigenvalue weighted by molar-refractivity contribution is -0.121. The van der Waals surface area contributed by atoms with E-state index in [0.717, 1.165) is 16.9 Å². The average Bonchev–Trinajstić information content (AvgIpc) is 3.10. The molecule has 1 saturated heterocycles. The Hall–Kier alpha value is -2.42. The topological polar surface area (TPSA) is 77.1 Å². The molecule has 1 aromatic heterocycles. The molecule has 0 aliphatic carbocycles. The number of thiophene rings is 1. The highest BCUT2D eigenvalue weighted by molar-refractivity contribution is 7.15. The molecule has 30 heavy (non-hydrogen) atoms. The molecular formula is C22H28N2O5S. The number of hydrogen-bond donors (Lipinski definition) is 1. The SMILES string of the molecule is CCOC(=O)c1c(-c2ccc(OC)cc2)csc1NC(=O)CN1C[C@@H](C)O[C@H](C)C1. The zero-order valence-electron chi connectivity index (χ0n) is 17.8. The number of anilines is 1. The van der Waals surface area contributed by atoms with E-state index in [4.69, 9.17) is 14.2 Å². The van der Waals surface area contributed by atoms with E-state index in [9.17, 15) is 9.59 Å². The van der Waals surface area contributed by atoms with Gasteiger partial charge in [-0.3, -0.25) is 9.69 Å². The summed E-state index contributed by atoms with van der Waals surface area (Å²) in [6.45, 7) is 7.66. The molecule has 1 fully saturated rings. The van der Waals surface area contributed by atoms with Crippen molar-refractivity contribution >= 4 is 28.2 Å². The molecule has 0 radical (unpaired) electrons. The number of hydrogen-bond acceptors (Lipinski definition) is 7. The zero-order chi connectivity index (χ0) is 21.7. The van der Waals surface area contributed by atoms with Gasteiger partial charge in [-0.1, -0.05) is 12.1 Å². The van der Waals surface area contributed by atoms with Crippen molar-refractivity contribution in [1.82, 2.24) is 4.90 Å². The molecule has 162 valence electrons. The standard InChI is InChI=1S/C22H28N2O5S/c1-5-28-22(26)20-18(16-6-8-17(27-4)9-7-16)13-30-21(20)23-19(25)12-24-10-14(2)29-15(3)11-24/h6-9,13-15H,5,10-12H2,1-4H3,(H,23,25)/t14-,15-/m1/s1. The van der Waals surface area contributed by atoms with Crippen LogP contribution in [0.5, 0.6) is 5.75 Å². The molecule has 0 saturated carbocycles. The van der Waals surface area contributed by atoms with Crippen LogP contribution in [-0.2, 0) is 14.3 Å². The largest absolute Gasteiger partial charge is 0.497 e. The van der Waals surface area contributed by atoms with Crippen molar-refractivity contribution in [3.63, 3.8) is 0 Å². The summed E-state index contributed by atoms with van der Waals surface area (Å²) in [6.07, 6.45) is 0.167. The van der Waals surface area contributed by atoms with Crippen molar-refractivity contribution in [3.8, 4) is 16.9 Å². The van der Waals surface area contributed by atoms with Crippen molar-refractivity contribution in [2.24, 2.45) is 0 Å². The van der Waals surface area contributed by atoms with Crippen LogP contribution in [0.15, 0.2) is 29.6 Å². The van der Waals surface area contributed by atoms with Gasteiger partial charge in [-0.05, 0) is 38.5 Å². The first-order valence-corrected chi connectivity index (χ1v) is 10.9. The van der Waals surface area contributed by atoms with Crippen LogP contribution in [0.2, 0.25) is 0 Å².